The number of fused-ring (bicyclic) bond motifs is 1. The normalized spacial score (nSPS) is 16.8. The minimum absolute atomic E-state index is 0.211. The molecular formula is C22H26N2O3S. The molecule has 1 saturated heterocycles. The minimum atomic E-state index is 0.211. The Kier molecular flexibility index (Phi) is 6.39. The highest BCUT2D eigenvalue weighted by molar-refractivity contribution is 8.00. The molecule has 5 nitrogen and oxygen atoms in total. The Hall–Kier alpha value is -2.18. The number of rotatable bonds is 6. The van der Waals surface area contributed by atoms with Crippen LogP contribution in [0.2, 0.25) is 0 Å². The van der Waals surface area contributed by atoms with E-state index in [0.29, 0.717) is 19.0 Å². The molecule has 0 saturated carbocycles. The summed E-state index contributed by atoms with van der Waals surface area (Å²) < 4.78 is 11.2. The predicted molar refractivity (Wildman–Crippen MR) is 111 cm³/mol. The van der Waals surface area contributed by atoms with Crippen molar-refractivity contribution in [1.82, 2.24) is 9.80 Å². The van der Waals surface area contributed by atoms with Crippen molar-refractivity contribution in [3.05, 3.63) is 54.1 Å². The molecule has 1 amide bonds. The topological polar surface area (TPSA) is 42.0 Å². The molecule has 1 fully saturated rings. The van der Waals surface area contributed by atoms with Gasteiger partial charge in [0.15, 0.2) is 11.5 Å². The number of nitrogens with zero attached hydrogens (tertiary/aromatic N) is 2. The average Bonchev–Trinajstić information content (AvgIpc) is 2.77. The minimum Gasteiger partial charge on any atom is -0.486 e. The van der Waals surface area contributed by atoms with Crippen LogP contribution in [0.25, 0.3) is 0 Å². The van der Waals surface area contributed by atoms with E-state index in [9.17, 15) is 4.79 Å². The maximum Gasteiger partial charge on any atom is 0.233 e. The molecule has 2 aromatic carbocycles. The molecule has 4 rings (SSSR count). The van der Waals surface area contributed by atoms with E-state index in [0.717, 1.165) is 55.5 Å². The Balaban J connectivity index is 1.20. The van der Waals surface area contributed by atoms with Crippen molar-refractivity contribution in [2.75, 3.05) is 51.7 Å². The Morgan fingerprint density at radius 2 is 1.68 bits per heavy atom. The van der Waals surface area contributed by atoms with Gasteiger partial charge in [0.05, 0.1) is 5.75 Å². The van der Waals surface area contributed by atoms with Crippen LogP contribution in [0.4, 0.5) is 0 Å². The molecule has 148 valence electrons. The quantitative estimate of drug-likeness (QED) is 0.700. The van der Waals surface area contributed by atoms with Crippen molar-refractivity contribution in [2.24, 2.45) is 0 Å². The van der Waals surface area contributed by atoms with E-state index < -0.39 is 0 Å². The molecule has 2 aliphatic heterocycles. The lowest BCUT2D eigenvalue weighted by Crippen LogP contribution is -2.49. The lowest BCUT2D eigenvalue weighted by Gasteiger charge is -2.34. The van der Waals surface area contributed by atoms with Gasteiger partial charge < -0.3 is 14.4 Å². The van der Waals surface area contributed by atoms with Crippen molar-refractivity contribution in [3.8, 4) is 11.5 Å². The van der Waals surface area contributed by atoms with Crippen molar-refractivity contribution in [2.45, 2.75) is 11.3 Å². The van der Waals surface area contributed by atoms with Crippen LogP contribution in [-0.4, -0.2) is 67.4 Å². The number of ether oxygens (including phenoxy) is 2. The van der Waals surface area contributed by atoms with E-state index in [4.69, 9.17) is 9.47 Å². The number of hydrogen-bond donors (Lipinski definition) is 0. The Morgan fingerprint density at radius 3 is 2.46 bits per heavy atom. The first-order chi connectivity index (χ1) is 13.8. The van der Waals surface area contributed by atoms with Crippen LogP contribution in [0.5, 0.6) is 11.5 Å². The first-order valence-corrected chi connectivity index (χ1v) is 10.8. The Labute approximate surface area is 170 Å². The number of piperazine rings is 1. The monoisotopic (exact) mass is 398 g/mol. The molecule has 2 heterocycles. The zero-order valence-corrected chi connectivity index (χ0v) is 16.8. The third-order valence-corrected chi connectivity index (χ3v) is 6.14. The standard InChI is InChI=1S/C22H26N2O3S/c25-22(17-28-19-6-7-20-21(16-19)27-15-14-26-20)24-12-10-23(11-13-24)9-8-18-4-2-1-3-5-18/h1-7,16H,8-15,17H2. The molecule has 28 heavy (non-hydrogen) atoms. The van der Waals surface area contributed by atoms with Crippen molar-refractivity contribution in [3.63, 3.8) is 0 Å². The molecule has 0 N–H and O–H groups in total. The van der Waals surface area contributed by atoms with Gasteiger partial charge in [-0.2, -0.15) is 0 Å². The van der Waals surface area contributed by atoms with Crippen LogP contribution < -0.4 is 9.47 Å². The summed E-state index contributed by atoms with van der Waals surface area (Å²) >= 11 is 1.56. The highest BCUT2D eigenvalue weighted by atomic mass is 32.2. The number of hydrogen-bond acceptors (Lipinski definition) is 5. The SMILES string of the molecule is O=C(CSc1ccc2c(c1)OCCO2)N1CCN(CCc2ccccc2)CC1. The highest BCUT2D eigenvalue weighted by Crippen LogP contribution is 2.34. The van der Waals surface area contributed by atoms with Crippen LogP contribution in [0, 0.1) is 0 Å². The van der Waals surface area contributed by atoms with Crippen LogP contribution in [0.3, 0.4) is 0 Å². The van der Waals surface area contributed by atoms with Gasteiger partial charge in [-0.3, -0.25) is 9.69 Å². The summed E-state index contributed by atoms with van der Waals surface area (Å²) in [6.45, 7) is 5.76. The second-order valence-corrected chi connectivity index (χ2v) is 8.10. The summed E-state index contributed by atoms with van der Waals surface area (Å²) in [4.78, 5) is 18.1. The van der Waals surface area contributed by atoms with Gasteiger partial charge >= 0.3 is 0 Å². The van der Waals surface area contributed by atoms with Crippen molar-refractivity contribution >= 4 is 17.7 Å². The maximum atomic E-state index is 12.6. The van der Waals surface area contributed by atoms with Crippen LogP contribution in [0.1, 0.15) is 5.56 Å². The van der Waals surface area contributed by atoms with E-state index in [1.54, 1.807) is 11.8 Å². The first-order valence-electron chi connectivity index (χ1n) is 9.84. The lowest BCUT2D eigenvalue weighted by atomic mass is 10.1. The van der Waals surface area contributed by atoms with Gasteiger partial charge in [0.1, 0.15) is 13.2 Å². The number of thioether (sulfide) groups is 1. The maximum absolute atomic E-state index is 12.6. The molecular weight excluding hydrogens is 372 g/mol. The molecule has 0 bridgehead atoms. The average molecular weight is 399 g/mol. The predicted octanol–water partition coefficient (Wildman–Crippen LogP) is 2.94. The molecule has 0 radical (unpaired) electrons. The largest absolute Gasteiger partial charge is 0.486 e. The fraction of sp³-hybridized carbons (Fsp3) is 0.409. The van der Waals surface area contributed by atoms with E-state index in [1.165, 1.54) is 5.56 Å². The zero-order valence-electron chi connectivity index (χ0n) is 16.0. The summed E-state index contributed by atoms with van der Waals surface area (Å²) in [6, 6.07) is 16.5. The molecule has 6 heteroatoms. The molecule has 0 aromatic heterocycles. The van der Waals surface area contributed by atoms with Gasteiger partial charge in [-0.1, -0.05) is 30.3 Å². The van der Waals surface area contributed by atoms with Crippen LogP contribution in [0.15, 0.2) is 53.4 Å². The van der Waals surface area contributed by atoms with Gasteiger partial charge in [-0.25, -0.2) is 0 Å². The Bertz CT molecular complexity index is 792. The molecule has 0 aliphatic carbocycles. The number of benzene rings is 2. The number of carbonyl (C=O) groups excluding carboxylic acids is 1. The fourth-order valence-electron chi connectivity index (χ4n) is 3.50. The molecule has 0 atom stereocenters. The van der Waals surface area contributed by atoms with E-state index in [2.05, 4.69) is 35.2 Å². The Morgan fingerprint density at radius 1 is 0.929 bits per heavy atom. The van der Waals surface area contributed by atoms with E-state index in [1.807, 2.05) is 23.1 Å². The van der Waals surface area contributed by atoms with Gasteiger partial charge in [0.25, 0.3) is 0 Å². The second-order valence-electron chi connectivity index (χ2n) is 7.05. The molecule has 2 aromatic rings. The van der Waals surface area contributed by atoms with Gasteiger partial charge in [-0.05, 0) is 30.2 Å². The van der Waals surface area contributed by atoms with Gasteiger partial charge in [0.2, 0.25) is 5.91 Å². The highest BCUT2D eigenvalue weighted by Gasteiger charge is 2.21. The van der Waals surface area contributed by atoms with Crippen molar-refractivity contribution in [1.29, 1.82) is 0 Å². The van der Waals surface area contributed by atoms with Crippen LogP contribution in [-0.2, 0) is 11.2 Å². The third-order valence-electron chi connectivity index (χ3n) is 5.16. The third kappa shape index (κ3) is 5.00. The second kappa shape index (κ2) is 9.34. The molecule has 0 unspecified atom stereocenters. The zero-order chi connectivity index (χ0) is 19.2. The molecule has 0 spiro atoms. The number of amides is 1. The number of carbonyl (C=O) groups is 1. The van der Waals surface area contributed by atoms with Crippen LogP contribution >= 0.6 is 11.8 Å². The molecule has 2 aliphatic rings. The van der Waals surface area contributed by atoms with E-state index >= 15 is 0 Å². The summed E-state index contributed by atoms with van der Waals surface area (Å²) in [5.41, 5.74) is 1.37. The first kappa shape index (κ1) is 19.2. The summed E-state index contributed by atoms with van der Waals surface area (Å²) in [5, 5.41) is 0. The lowest BCUT2D eigenvalue weighted by molar-refractivity contribution is -0.130. The smallest absolute Gasteiger partial charge is 0.233 e. The van der Waals surface area contributed by atoms with Crippen molar-refractivity contribution < 1.29 is 14.3 Å². The van der Waals surface area contributed by atoms with Gasteiger partial charge in [-0.15, -0.1) is 11.8 Å². The van der Waals surface area contributed by atoms with E-state index in [-0.39, 0.29) is 5.91 Å². The van der Waals surface area contributed by atoms with Gasteiger partial charge in [0, 0.05) is 37.6 Å². The summed E-state index contributed by atoms with van der Waals surface area (Å²) in [5.74, 6) is 2.23. The fourth-order valence-corrected chi connectivity index (χ4v) is 4.33. The summed E-state index contributed by atoms with van der Waals surface area (Å²) in [6.07, 6.45) is 1.06. The summed E-state index contributed by atoms with van der Waals surface area (Å²) in [7, 11) is 0.